The fraction of sp³-hybridized carbons (Fsp3) is 0.700. The third-order valence-corrected chi connectivity index (χ3v) is 4.92. The van der Waals surface area contributed by atoms with Gasteiger partial charge in [-0.25, -0.2) is 0 Å². The van der Waals surface area contributed by atoms with Crippen molar-refractivity contribution in [1.29, 1.82) is 0 Å². The molecule has 0 N–H and O–H groups in total. The fourth-order valence-electron chi connectivity index (χ4n) is 3.14. The summed E-state index contributed by atoms with van der Waals surface area (Å²) in [6.45, 7) is 19.6. The minimum Gasteiger partial charge on any atom is -0.309 e. The Bertz CT molecular complexity index is 528. The van der Waals surface area contributed by atoms with Crippen molar-refractivity contribution in [2.24, 2.45) is 0 Å². The number of likely N-dealkylation sites (N-methyl/N-ethyl adjacent to an activating group) is 1. The Morgan fingerprint density at radius 1 is 0.818 bits per heavy atom. The summed E-state index contributed by atoms with van der Waals surface area (Å²) in [5.74, 6) is 0. The topological polar surface area (TPSA) is 3.24 Å². The van der Waals surface area contributed by atoms with Gasteiger partial charge in [-0.15, -0.1) is 9.24 Å². The highest BCUT2D eigenvalue weighted by molar-refractivity contribution is 7.27. The summed E-state index contributed by atoms with van der Waals surface area (Å²) in [7, 11) is 7.34. The van der Waals surface area contributed by atoms with E-state index in [1.165, 1.54) is 22.0 Å². The van der Waals surface area contributed by atoms with Crippen molar-refractivity contribution in [3.05, 3.63) is 28.8 Å². The molecule has 0 radical (unpaired) electrons. The molecule has 0 spiro atoms. The van der Waals surface area contributed by atoms with Gasteiger partial charge in [0.05, 0.1) is 0 Å². The van der Waals surface area contributed by atoms with Crippen molar-refractivity contribution in [3.8, 4) is 0 Å². The van der Waals surface area contributed by atoms with Crippen LogP contribution in [0.3, 0.4) is 0 Å². The Kier molecular flexibility index (Phi) is 5.58. The van der Waals surface area contributed by atoms with Gasteiger partial charge in [-0.05, 0) is 46.9 Å². The van der Waals surface area contributed by atoms with Crippen molar-refractivity contribution < 1.29 is 0 Å². The highest BCUT2D eigenvalue weighted by atomic mass is 31.0. The van der Waals surface area contributed by atoms with E-state index in [2.05, 4.69) is 95.8 Å². The SMILES string of the molecule is CN(C)CC(C)(C)c1cc(C(C)(C)C)cc(C(C)(C)C)c1P. The van der Waals surface area contributed by atoms with Gasteiger partial charge in [0, 0.05) is 12.0 Å². The normalized spacial score (nSPS) is 13.8. The quantitative estimate of drug-likeness (QED) is 0.734. The Balaban J connectivity index is 3.64. The first-order chi connectivity index (χ1) is 9.66. The lowest BCUT2D eigenvalue weighted by Crippen LogP contribution is -2.37. The molecule has 1 atom stereocenters. The second-order valence-electron chi connectivity index (χ2n) is 9.61. The van der Waals surface area contributed by atoms with Crippen LogP contribution >= 0.6 is 9.24 Å². The number of hydrogen-bond acceptors (Lipinski definition) is 1. The lowest BCUT2D eigenvalue weighted by atomic mass is 9.74. The summed E-state index contributed by atoms with van der Waals surface area (Å²) in [6.07, 6.45) is 0. The summed E-state index contributed by atoms with van der Waals surface area (Å²) >= 11 is 0. The van der Waals surface area contributed by atoms with E-state index in [1.54, 1.807) is 0 Å². The van der Waals surface area contributed by atoms with Gasteiger partial charge >= 0.3 is 0 Å². The first kappa shape index (κ1) is 19.7. The van der Waals surface area contributed by atoms with Gasteiger partial charge in [-0.1, -0.05) is 67.5 Å². The number of nitrogens with zero attached hydrogens (tertiary/aromatic N) is 1. The van der Waals surface area contributed by atoms with E-state index >= 15 is 0 Å². The smallest absolute Gasteiger partial charge is 0.00674 e. The lowest BCUT2D eigenvalue weighted by Gasteiger charge is -2.35. The molecule has 1 aromatic rings. The molecule has 1 nitrogen and oxygen atoms in total. The zero-order chi connectivity index (χ0) is 17.5. The highest BCUT2D eigenvalue weighted by Gasteiger charge is 2.30. The van der Waals surface area contributed by atoms with Crippen molar-refractivity contribution >= 4 is 14.5 Å². The molecule has 0 saturated carbocycles. The van der Waals surface area contributed by atoms with Gasteiger partial charge in [-0.2, -0.15) is 0 Å². The summed E-state index contributed by atoms with van der Waals surface area (Å²) in [5, 5.41) is 1.38. The van der Waals surface area contributed by atoms with E-state index in [0.717, 1.165) is 6.54 Å². The van der Waals surface area contributed by atoms with Crippen LogP contribution in [0, 0.1) is 0 Å². The number of rotatable bonds is 3. The molecule has 0 saturated heterocycles. The fourth-order valence-corrected chi connectivity index (χ4v) is 4.13. The molecule has 0 amide bonds. The Morgan fingerprint density at radius 3 is 1.64 bits per heavy atom. The molecule has 0 heterocycles. The predicted molar refractivity (Wildman–Crippen MR) is 105 cm³/mol. The molecule has 1 aromatic carbocycles. The molecule has 2 heteroatoms. The van der Waals surface area contributed by atoms with Gasteiger partial charge < -0.3 is 4.90 Å². The first-order valence-corrected chi connectivity index (χ1v) is 8.83. The predicted octanol–water partition coefficient (Wildman–Crippen LogP) is 4.62. The molecule has 1 rings (SSSR count). The number of hydrogen-bond donors (Lipinski definition) is 0. The van der Waals surface area contributed by atoms with Crippen LogP contribution in [0.25, 0.3) is 0 Å². The van der Waals surface area contributed by atoms with E-state index in [1.807, 2.05) is 0 Å². The largest absolute Gasteiger partial charge is 0.309 e. The van der Waals surface area contributed by atoms with Gasteiger partial charge in [0.25, 0.3) is 0 Å². The second-order valence-corrected chi connectivity index (χ2v) is 10.2. The maximum absolute atomic E-state index is 3.03. The average molecular weight is 321 g/mol. The molecule has 0 aliphatic heterocycles. The molecular weight excluding hydrogens is 285 g/mol. The van der Waals surface area contributed by atoms with Crippen LogP contribution in [-0.4, -0.2) is 25.5 Å². The van der Waals surface area contributed by atoms with Crippen LogP contribution in [0.1, 0.15) is 72.1 Å². The summed E-state index contributed by atoms with van der Waals surface area (Å²) < 4.78 is 0. The Morgan fingerprint density at radius 2 is 1.27 bits per heavy atom. The van der Waals surface area contributed by atoms with E-state index in [9.17, 15) is 0 Å². The minimum atomic E-state index is 0.127. The summed E-state index contributed by atoms with van der Waals surface area (Å²) in [6, 6.07) is 4.85. The van der Waals surface area contributed by atoms with Gasteiger partial charge in [0.15, 0.2) is 0 Å². The van der Waals surface area contributed by atoms with Crippen LogP contribution < -0.4 is 5.30 Å². The summed E-state index contributed by atoms with van der Waals surface area (Å²) in [4.78, 5) is 2.28. The van der Waals surface area contributed by atoms with E-state index in [4.69, 9.17) is 0 Å². The summed E-state index contributed by atoms with van der Waals surface area (Å²) in [5.41, 5.74) is 4.80. The molecule has 0 bridgehead atoms. The van der Waals surface area contributed by atoms with Crippen molar-refractivity contribution in [2.75, 3.05) is 20.6 Å². The Hall–Kier alpha value is -0.390. The van der Waals surface area contributed by atoms with Crippen LogP contribution in [0.5, 0.6) is 0 Å². The third-order valence-electron chi connectivity index (χ3n) is 4.29. The standard InChI is InChI=1S/C20H36NP/c1-18(2,3)14-11-15(19(4,5)6)17(22)16(12-14)20(7,8)13-21(9)10/h11-12H,13,22H2,1-10H3. The molecule has 126 valence electrons. The monoisotopic (exact) mass is 321 g/mol. The van der Waals surface area contributed by atoms with Crippen LogP contribution in [0.15, 0.2) is 12.1 Å². The molecule has 0 fully saturated rings. The maximum Gasteiger partial charge on any atom is 0.00674 e. The minimum absolute atomic E-state index is 0.127. The van der Waals surface area contributed by atoms with E-state index in [0.29, 0.717) is 0 Å². The van der Waals surface area contributed by atoms with Crippen molar-refractivity contribution in [1.82, 2.24) is 4.90 Å². The first-order valence-electron chi connectivity index (χ1n) is 8.26. The molecular formula is C20H36NP. The van der Waals surface area contributed by atoms with Crippen molar-refractivity contribution in [2.45, 2.75) is 71.6 Å². The highest BCUT2D eigenvalue weighted by Crippen LogP contribution is 2.34. The van der Waals surface area contributed by atoms with Gasteiger partial charge in [0.1, 0.15) is 0 Å². The van der Waals surface area contributed by atoms with E-state index in [-0.39, 0.29) is 16.2 Å². The molecule has 0 aliphatic rings. The zero-order valence-electron chi connectivity index (χ0n) is 16.4. The van der Waals surface area contributed by atoms with Gasteiger partial charge in [0.2, 0.25) is 0 Å². The average Bonchev–Trinajstić information content (AvgIpc) is 2.23. The van der Waals surface area contributed by atoms with Crippen molar-refractivity contribution in [3.63, 3.8) is 0 Å². The molecule has 22 heavy (non-hydrogen) atoms. The Labute approximate surface area is 141 Å². The van der Waals surface area contributed by atoms with Gasteiger partial charge in [-0.3, -0.25) is 0 Å². The third kappa shape index (κ3) is 4.56. The maximum atomic E-state index is 3.03. The molecule has 0 aromatic heterocycles. The lowest BCUT2D eigenvalue weighted by molar-refractivity contribution is 0.316. The van der Waals surface area contributed by atoms with Crippen LogP contribution in [-0.2, 0) is 16.2 Å². The van der Waals surface area contributed by atoms with E-state index < -0.39 is 0 Å². The number of benzene rings is 1. The van der Waals surface area contributed by atoms with Crippen LogP contribution in [0.4, 0.5) is 0 Å². The molecule has 0 aliphatic carbocycles. The molecule has 1 unspecified atom stereocenters. The zero-order valence-corrected chi connectivity index (χ0v) is 17.5. The van der Waals surface area contributed by atoms with Crippen LogP contribution in [0.2, 0.25) is 0 Å². The second kappa shape index (κ2) is 6.25.